The smallest absolute Gasteiger partial charge is 0.250 e. The maximum Gasteiger partial charge on any atom is 0.250 e. The lowest BCUT2D eigenvalue weighted by molar-refractivity contribution is -0.0533. The normalized spacial score (nSPS) is 28.4. The Kier molecular flexibility index (Phi) is 3.70. The average molecular weight is 401 g/mol. The van der Waals surface area contributed by atoms with E-state index in [0.29, 0.717) is 34.9 Å². The Hall–Kier alpha value is -1.88. The van der Waals surface area contributed by atoms with Crippen molar-refractivity contribution in [2.75, 3.05) is 12.8 Å². The fourth-order valence-electron chi connectivity index (χ4n) is 3.69. The molecule has 0 bridgehead atoms. The number of fused-ring (bicyclic) bond motifs is 1. The van der Waals surface area contributed by atoms with Crippen LogP contribution in [0.5, 0.6) is 0 Å². The van der Waals surface area contributed by atoms with Crippen molar-refractivity contribution < 1.29 is 26.0 Å². The van der Waals surface area contributed by atoms with E-state index in [1.807, 2.05) is 4.90 Å². The van der Waals surface area contributed by atoms with Crippen molar-refractivity contribution in [3.05, 3.63) is 52.9 Å². The summed E-state index contributed by atoms with van der Waals surface area (Å²) in [6, 6.07) is 2.46. The lowest BCUT2D eigenvalue weighted by atomic mass is 9.93. The maximum absolute atomic E-state index is 14.1. The lowest BCUT2D eigenvalue weighted by Crippen LogP contribution is -2.47. The van der Waals surface area contributed by atoms with Gasteiger partial charge in [-0.3, -0.25) is 4.90 Å². The summed E-state index contributed by atoms with van der Waals surface area (Å²) in [7, 11) is -4.57. The molecule has 4 rings (SSSR count). The highest BCUT2D eigenvalue weighted by molar-refractivity contribution is 7.89. The van der Waals surface area contributed by atoms with Crippen LogP contribution < -0.4 is 5.73 Å². The fraction of sp³-hybridized carbons (Fsp3) is 0.471. The van der Waals surface area contributed by atoms with Gasteiger partial charge in [-0.05, 0) is 24.6 Å². The maximum atomic E-state index is 14.1. The first kappa shape index (κ1) is 15.1. The second kappa shape index (κ2) is 6.62. The van der Waals surface area contributed by atoms with Crippen LogP contribution in [0.4, 0.5) is 8.78 Å². The van der Waals surface area contributed by atoms with Crippen molar-refractivity contribution >= 4 is 10.0 Å². The number of nitrogens with zero attached hydrogens (tertiary/aromatic N) is 3. The Morgan fingerprint density at radius 3 is 2.89 bits per heavy atom. The van der Waals surface area contributed by atoms with Gasteiger partial charge in [-0.2, -0.15) is 9.19 Å². The van der Waals surface area contributed by atoms with Crippen LogP contribution in [-0.2, 0) is 27.8 Å². The molecule has 2 N–H and O–H groups in total. The summed E-state index contributed by atoms with van der Waals surface area (Å²) < 4.78 is 79.4. The van der Waals surface area contributed by atoms with E-state index in [2.05, 4.69) is 5.10 Å². The van der Waals surface area contributed by atoms with E-state index in [-0.39, 0.29) is 18.2 Å². The number of aromatic nitrogens is 2. The quantitative estimate of drug-likeness (QED) is 0.830. The first-order valence-corrected chi connectivity index (χ1v) is 9.80. The molecule has 2 aliphatic rings. The highest BCUT2D eigenvalue weighted by Crippen LogP contribution is 2.34. The van der Waals surface area contributed by atoms with Gasteiger partial charge in [0.2, 0.25) is 0 Å². The molecule has 0 radical (unpaired) electrons. The van der Waals surface area contributed by atoms with Gasteiger partial charge in [-0.1, -0.05) is 0 Å². The van der Waals surface area contributed by atoms with Crippen molar-refractivity contribution in [2.24, 2.45) is 5.73 Å². The van der Waals surface area contributed by atoms with E-state index < -0.39 is 40.0 Å². The molecule has 2 aromatic rings. The molecule has 0 unspecified atom stereocenters. The largest absolute Gasteiger partial charge is 0.370 e. The highest BCUT2D eigenvalue weighted by atomic mass is 32.2. The zero-order valence-corrected chi connectivity index (χ0v) is 15.0. The van der Waals surface area contributed by atoms with Gasteiger partial charge in [-0.25, -0.2) is 17.2 Å². The molecule has 1 aromatic carbocycles. The van der Waals surface area contributed by atoms with Crippen molar-refractivity contribution in [1.82, 2.24) is 14.1 Å². The third-order valence-electron chi connectivity index (χ3n) is 5.01. The van der Waals surface area contributed by atoms with Crippen LogP contribution in [-0.4, -0.2) is 47.4 Å². The predicted molar refractivity (Wildman–Crippen MR) is 93.1 cm³/mol. The molecule has 27 heavy (non-hydrogen) atoms. The molecule has 0 spiro atoms. The van der Waals surface area contributed by atoms with Gasteiger partial charge in [0, 0.05) is 46.6 Å². The lowest BCUT2D eigenvalue weighted by Gasteiger charge is -2.38. The second-order valence-corrected chi connectivity index (χ2v) is 8.18. The van der Waals surface area contributed by atoms with Crippen LogP contribution in [0.2, 0.25) is 0 Å². The van der Waals surface area contributed by atoms with Gasteiger partial charge in [-0.15, -0.1) is 0 Å². The van der Waals surface area contributed by atoms with Crippen LogP contribution >= 0.6 is 0 Å². The Bertz CT molecular complexity index is 1050. The molecule has 146 valence electrons. The second-order valence-electron chi connectivity index (χ2n) is 6.86. The number of rotatable bonds is 3. The zero-order valence-electron chi connectivity index (χ0n) is 17.2. The molecule has 10 heteroatoms. The third-order valence-corrected chi connectivity index (χ3v) is 5.69. The van der Waals surface area contributed by atoms with E-state index in [4.69, 9.17) is 14.6 Å². The van der Waals surface area contributed by atoms with Crippen LogP contribution in [0.1, 0.15) is 33.5 Å². The van der Waals surface area contributed by atoms with Crippen molar-refractivity contribution in [1.29, 1.82) is 0 Å². The number of halogens is 2. The van der Waals surface area contributed by atoms with Crippen LogP contribution in [0, 0.1) is 11.6 Å². The molecule has 1 saturated heterocycles. The van der Waals surface area contributed by atoms with E-state index in [1.165, 1.54) is 6.20 Å². The molecule has 1 aromatic heterocycles. The van der Waals surface area contributed by atoms with Crippen molar-refractivity contribution in [3.63, 3.8) is 0 Å². The Labute approximate surface area is 160 Å². The molecule has 3 atom stereocenters. The first-order valence-electron chi connectivity index (χ1n) is 9.86. The number of nitrogens with two attached hydrogens (primary N) is 1. The third kappa shape index (κ3) is 3.49. The van der Waals surface area contributed by atoms with E-state index in [0.717, 1.165) is 18.2 Å². The number of hydrogen-bond donors (Lipinski definition) is 1. The van der Waals surface area contributed by atoms with Gasteiger partial charge in [0.15, 0.2) is 0 Å². The fourth-order valence-corrected chi connectivity index (χ4v) is 4.16. The minimum Gasteiger partial charge on any atom is -0.370 e. The molecular weight excluding hydrogens is 378 g/mol. The SMILES string of the molecule is [2H]C([2H])([2H])S(=O)(=O)n1cc2c(n1)CN([C@H]1CO[C@H](c3cc(F)ccc3F)[C@@H](N)C1)C2. The summed E-state index contributed by atoms with van der Waals surface area (Å²) in [5.74, 6) is -1.15. The zero-order chi connectivity index (χ0) is 21.8. The summed E-state index contributed by atoms with van der Waals surface area (Å²) >= 11 is 0. The monoisotopic (exact) mass is 401 g/mol. The minimum atomic E-state index is -4.57. The number of ether oxygens (including phenoxy) is 1. The van der Waals surface area contributed by atoms with E-state index in [9.17, 15) is 17.2 Å². The molecule has 7 nitrogen and oxygen atoms in total. The standard InChI is InChI=1S/C17H20F2N4O3S/c1-27(24,25)23-7-10-6-22(8-16(10)21-23)12-5-15(20)17(26-9-12)13-4-11(18)2-3-14(13)19/h2-4,7,12,15,17H,5-6,8-9,20H2,1H3/t12-,15+,17-/m1/s1/i1D3. The predicted octanol–water partition coefficient (Wildman–Crippen LogP) is 1.14. The van der Waals surface area contributed by atoms with Crippen molar-refractivity contribution in [2.45, 2.75) is 37.7 Å². The average Bonchev–Trinajstić information content (AvgIpc) is 3.22. The van der Waals surface area contributed by atoms with Crippen LogP contribution in [0.25, 0.3) is 0 Å². The minimum absolute atomic E-state index is 0.0804. The Morgan fingerprint density at radius 2 is 2.19 bits per heavy atom. The molecule has 0 amide bonds. The first-order chi connectivity index (χ1) is 14.0. The summed E-state index contributed by atoms with van der Waals surface area (Å²) in [5, 5.41) is 3.94. The summed E-state index contributed by atoms with van der Waals surface area (Å²) in [4.78, 5) is 1.99. The topological polar surface area (TPSA) is 90.5 Å². The van der Waals surface area contributed by atoms with Gasteiger partial charge in [0.1, 0.15) is 17.7 Å². The Morgan fingerprint density at radius 1 is 1.37 bits per heavy atom. The summed E-state index contributed by atoms with van der Waals surface area (Å²) in [6.07, 6.45) is -2.29. The van der Waals surface area contributed by atoms with Gasteiger partial charge in [0.25, 0.3) is 10.0 Å². The van der Waals surface area contributed by atoms with E-state index in [1.54, 1.807) is 0 Å². The van der Waals surface area contributed by atoms with Crippen LogP contribution in [0.3, 0.4) is 0 Å². The van der Waals surface area contributed by atoms with Gasteiger partial charge < -0.3 is 10.5 Å². The molecule has 2 aliphatic heterocycles. The van der Waals surface area contributed by atoms with Crippen LogP contribution in [0.15, 0.2) is 24.4 Å². The molecule has 1 fully saturated rings. The van der Waals surface area contributed by atoms with Gasteiger partial charge in [0.05, 0.1) is 18.5 Å². The summed E-state index contributed by atoms with van der Waals surface area (Å²) in [5.41, 5.74) is 7.35. The molecular formula is C17H20F2N4O3S. The number of benzene rings is 1. The number of hydrogen-bond acceptors (Lipinski definition) is 6. The molecule has 3 heterocycles. The molecule has 0 saturated carbocycles. The van der Waals surface area contributed by atoms with Gasteiger partial charge >= 0.3 is 0 Å². The molecule has 0 aliphatic carbocycles. The highest BCUT2D eigenvalue weighted by Gasteiger charge is 2.37. The summed E-state index contributed by atoms with van der Waals surface area (Å²) in [6.45, 7) is 0.885. The van der Waals surface area contributed by atoms with E-state index >= 15 is 0 Å². The van der Waals surface area contributed by atoms with Crippen molar-refractivity contribution in [3.8, 4) is 0 Å². The Balaban J connectivity index is 1.44.